The van der Waals surface area contributed by atoms with Crippen LogP contribution in [0, 0.1) is 12.8 Å². The lowest BCUT2D eigenvalue weighted by Gasteiger charge is -2.34. The molecule has 1 aliphatic heterocycles. The maximum atomic E-state index is 12.9. The molecule has 156 valence electrons. The Bertz CT molecular complexity index is 631. The molecule has 1 aliphatic carbocycles. The largest absolute Gasteiger partial charge is 0.382 e. The van der Waals surface area contributed by atoms with E-state index in [2.05, 4.69) is 9.88 Å². The zero-order chi connectivity index (χ0) is 19.8. The van der Waals surface area contributed by atoms with Gasteiger partial charge in [-0.05, 0) is 38.5 Å². The Kier molecular flexibility index (Phi) is 8.22. The molecule has 0 spiro atoms. The number of aryl methyl sites for hydroxylation is 1. The lowest BCUT2D eigenvalue weighted by Crippen LogP contribution is -2.40. The average Bonchev–Trinajstić information content (AvgIpc) is 2.73. The molecule has 6 nitrogen and oxygen atoms in total. The van der Waals surface area contributed by atoms with Crippen molar-refractivity contribution in [1.82, 2.24) is 14.9 Å². The van der Waals surface area contributed by atoms with Crippen molar-refractivity contribution in [1.29, 1.82) is 0 Å². The van der Waals surface area contributed by atoms with Crippen LogP contribution in [0.4, 0.5) is 0 Å². The highest BCUT2D eigenvalue weighted by Gasteiger charge is 2.29. The van der Waals surface area contributed by atoms with E-state index >= 15 is 0 Å². The first-order valence-electron chi connectivity index (χ1n) is 10.8. The SMILES string of the molecule is COCCOCc1cnc(C)nc1C1CCCN(C(=O)CC2CCCCC2)C1. The molecule has 0 aromatic carbocycles. The van der Waals surface area contributed by atoms with Gasteiger partial charge < -0.3 is 14.4 Å². The highest BCUT2D eigenvalue weighted by atomic mass is 16.5. The molecule has 6 heteroatoms. The van der Waals surface area contributed by atoms with Crippen molar-refractivity contribution in [2.24, 2.45) is 5.92 Å². The summed E-state index contributed by atoms with van der Waals surface area (Å²) < 4.78 is 10.8. The molecule has 3 rings (SSSR count). The van der Waals surface area contributed by atoms with Crippen molar-refractivity contribution in [2.45, 2.75) is 70.8 Å². The number of nitrogens with zero attached hydrogens (tertiary/aromatic N) is 3. The molecule has 2 fully saturated rings. The number of aromatic nitrogens is 2. The molecule has 0 radical (unpaired) electrons. The van der Waals surface area contributed by atoms with Crippen LogP contribution in [0.3, 0.4) is 0 Å². The van der Waals surface area contributed by atoms with Crippen LogP contribution in [0.2, 0.25) is 0 Å². The minimum Gasteiger partial charge on any atom is -0.382 e. The van der Waals surface area contributed by atoms with Crippen LogP contribution in [0.5, 0.6) is 0 Å². The normalized spacial score (nSPS) is 21.1. The van der Waals surface area contributed by atoms with E-state index in [1.165, 1.54) is 32.1 Å². The van der Waals surface area contributed by atoms with Gasteiger partial charge in [0.1, 0.15) is 5.82 Å². The molecular formula is C22H35N3O3. The molecule has 1 saturated heterocycles. The van der Waals surface area contributed by atoms with Crippen molar-refractivity contribution in [3.05, 3.63) is 23.3 Å². The zero-order valence-electron chi connectivity index (χ0n) is 17.5. The van der Waals surface area contributed by atoms with Gasteiger partial charge in [-0.25, -0.2) is 9.97 Å². The predicted molar refractivity (Wildman–Crippen MR) is 108 cm³/mol. The van der Waals surface area contributed by atoms with Gasteiger partial charge in [0.15, 0.2) is 0 Å². The topological polar surface area (TPSA) is 64.6 Å². The molecule has 0 bridgehead atoms. The number of methoxy groups -OCH3 is 1. The number of piperidine rings is 1. The van der Waals surface area contributed by atoms with Crippen LogP contribution in [-0.4, -0.2) is 54.2 Å². The highest BCUT2D eigenvalue weighted by Crippen LogP contribution is 2.31. The second kappa shape index (κ2) is 10.9. The van der Waals surface area contributed by atoms with Gasteiger partial charge in [0.25, 0.3) is 0 Å². The van der Waals surface area contributed by atoms with E-state index in [9.17, 15) is 4.79 Å². The van der Waals surface area contributed by atoms with Crippen molar-refractivity contribution >= 4 is 5.91 Å². The third-order valence-electron chi connectivity index (χ3n) is 6.06. The Morgan fingerprint density at radius 3 is 2.79 bits per heavy atom. The molecule has 1 saturated carbocycles. The first-order valence-corrected chi connectivity index (χ1v) is 10.8. The van der Waals surface area contributed by atoms with Crippen LogP contribution in [0.1, 0.15) is 74.4 Å². The smallest absolute Gasteiger partial charge is 0.222 e. The van der Waals surface area contributed by atoms with Gasteiger partial charge in [0.2, 0.25) is 5.91 Å². The van der Waals surface area contributed by atoms with Gasteiger partial charge in [0.05, 0.1) is 25.5 Å². The Morgan fingerprint density at radius 2 is 2.00 bits per heavy atom. The van der Waals surface area contributed by atoms with E-state index in [0.29, 0.717) is 31.6 Å². The summed E-state index contributed by atoms with van der Waals surface area (Å²) in [5.41, 5.74) is 2.09. The monoisotopic (exact) mass is 389 g/mol. The number of hydrogen-bond acceptors (Lipinski definition) is 5. The van der Waals surface area contributed by atoms with Crippen molar-refractivity contribution in [3.8, 4) is 0 Å². The lowest BCUT2D eigenvalue weighted by molar-refractivity contribution is -0.133. The second-order valence-electron chi connectivity index (χ2n) is 8.26. The molecule has 1 amide bonds. The maximum absolute atomic E-state index is 12.9. The molecule has 2 heterocycles. The Labute approximate surface area is 169 Å². The van der Waals surface area contributed by atoms with Gasteiger partial charge in [-0.3, -0.25) is 4.79 Å². The third kappa shape index (κ3) is 5.98. The summed E-state index contributed by atoms with van der Waals surface area (Å²) in [5, 5.41) is 0. The molecular weight excluding hydrogens is 354 g/mol. The lowest BCUT2D eigenvalue weighted by atomic mass is 9.86. The summed E-state index contributed by atoms with van der Waals surface area (Å²) in [7, 11) is 1.67. The van der Waals surface area contributed by atoms with E-state index in [4.69, 9.17) is 14.5 Å². The number of amides is 1. The molecule has 28 heavy (non-hydrogen) atoms. The fourth-order valence-corrected chi connectivity index (χ4v) is 4.50. The summed E-state index contributed by atoms with van der Waals surface area (Å²) in [6.07, 6.45) is 11.0. The number of likely N-dealkylation sites (tertiary alicyclic amines) is 1. The van der Waals surface area contributed by atoms with Crippen molar-refractivity contribution in [2.75, 3.05) is 33.4 Å². The van der Waals surface area contributed by atoms with Crippen LogP contribution in [0.25, 0.3) is 0 Å². The number of ether oxygens (including phenoxy) is 2. The Morgan fingerprint density at radius 1 is 1.18 bits per heavy atom. The highest BCUT2D eigenvalue weighted by molar-refractivity contribution is 5.76. The molecule has 1 unspecified atom stereocenters. The molecule has 1 atom stereocenters. The van der Waals surface area contributed by atoms with Crippen LogP contribution in [0.15, 0.2) is 6.20 Å². The first kappa shape index (κ1) is 21.2. The van der Waals surface area contributed by atoms with E-state index in [-0.39, 0.29) is 5.92 Å². The second-order valence-corrected chi connectivity index (χ2v) is 8.26. The van der Waals surface area contributed by atoms with E-state index < -0.39 is 0 Å². The number of carbonyl (C=O) groups excluding carboxylic acids is 1. The standard InChI is InChI=1S/C22H35N3O3/c1-17-23-14-20(16-28-12-11-27-2)22(24-17)19-9-6-10-25(15-19)21(26)13-18-7-4-3-5-8-18/h14,18-19H,3-13,15-16H2,1-2H3. The van der Waals surface area contributed by atoms with Gasteiger partial charge in [-0.15, -0.1) is 0 Å². The number of hydrogen-bond donors (Lipinski definition) is 0. The number of carbonyl (C=O) groups is 1. The molecule has 2 aliphatic rings. The summed E-state index contributed by atoms with van der Waals surface area (Å²) in [6, 6.07) is 0. The quantitative estimate of drug-likeness (QED) is 0.635. The van der Waals surface area contributed by atoms with E-state index in [1.807, 2.05) is 13.1 Å². The predicted octanol–water partition coefficient (Wildman–Crippen LogP) is 3.62. The van der Waals surface area contributed by atoms with Crippen molar-refractivity contribution < 1.29 is 14.3 Å². The van der Waals surface area contributed by atoms with E-state index in [1.54, 1.807) is 7.11 Å². The first-order chi connectivity index (χ1) is 13.7. The summed E-state index contributed by atoms with van der Waals surface area (Å²) >= 11 is 0. The average molecular weight is 390 g/mol. The van der Waals surface area contributed by atoms with Gasteiger partial charge in [0, 0.05) is 44.3 Å². The minimum atomic E-state index is 0.270. The Hall–Kier alpha value is -1.53. The third-order valence-corrected chi connectivity index (χ3v) is 6.06. The van der Waals surface area contributed by atoms with Crippen LogP contribution < -0.4 is 0 Å². The van der Waals surface area contributed by atoms with Crippen molar-refractivity contribution in [3.63, 3.8) is 0 Å². The molecule has 0 N–H and O–H groups in total. The molecule has 1 aromatic rings. The Balaban J connectivity index is 1.62. The van der Waals surface area contributed by atoms with Gasteiger partial charge >= 0.3 is 0 Å². The zero-order valence-corrected chi connectivity index (χ0v) is 17.5. The number of rotatable bonds is 8. The van der Waals surface area contributed by atoms with Gasteiger partial charge in [-0.2, -0.15) is 0 Å². The van der Waals surface area contributed by atoms with Gasteiger partial charge in [-0.1, -0.05) is 19.3 Å². The summed E-state index contributed by atoms with van der Waals surface area (Å²) in [5.74, 6) is 1.97. The van der Waals surface area contributed by atoms with Crippen LogP contribution in [-0.2, 0) is 20.9 Å². The minimum absolute atomic E-state index is 0.270. The van der Waals surface area contributed by atoms with E-state index in [0.717, 1.165) is 49.4 Å². The summed E-state index contributed by atoms with van der Waals surface area (Å²) in [6.45, 7) is 5.20. The maximum Gasteiger partial charge on any atom is 0.222 e. The van der Waals surface area contributed by atoms with Crippen LogP contribution >= 0.6 is 0 Å². The molecule has 1 aromatic heterocycles. The fourth-order valence-electron chi connectivity index (χ4n) is 4.50. The summed E-state index contributed by atoms with van der Waals surface area (Å²) in [4.78, 5) is 24.1. The fraction of sp³-hybridized carbons (Fsp3) is 0.773.